The Bertz CT molecular complexity index is 696. The molecule has 0 aromatic heterocycles. The van der Waals surface area contributed by atoms with Crippen molar-refractivity contribution in [1.29, 1.82) is 0 Å². The molecule has 0 radical (unpaired) electrons. The van der Waals surface area contributed by atoms with Crippen LogP contribution in [0, 0.1) is 0 Å². The molecular weight excluding hydrogens is 448 g/mol. The standard InChI is InChI=1S/C12H7Br3O2S/c13-8-3-1-4-9(7-8)18(16,17)11-6-2-5-10(14)12(11)15/h1-7H. The molecule has 0 saturated heterocycles. The maximum atomic E-state index is 12.5. The highest BCUT2D eigenvalue weighted by molar-refractivity contribution is 9.13. The van der Waals surface area contributed by atoms with Gasteiger partial charge >= 0.3 is 0 Å². The third-order valence-corrected chi connectivity index (χ3v) is 6.91. The predicted octanol–water partition coefficient (Wildman–Crippen LogP) is 4.81. The van der Waals surface area contributed by atoms with Gasteiger partial charge in [0, 0.05) is 8.95 Å². The third-order valence-electron chi connectivity index (χ3n) is 2.31. The molecule has 2 rings (SSSR count). The van der Waals surface area contributed by atoms with Gasteiger partial charge in [0.2, 0.25) is 9.84 Å². The first-order chi connectivity index (χ1) is 8.43. The Hall–Kier alpha value is -0.170. The highest BCUT2D eigenvalue weighted by atomic mass is 79.9. The maximum absolute atomic E-state index is 12.5. The lowest BCUT2D eigenvalue weighted by Crippen LogP contribution is -2.03. The Kier molecular flexibility index (Phi) is 4.31. The van der Waals surface area contributed by atoms with E-state index in [0.717, 1.165) is 4.47 Å². The zero-order valence-electron chi connectivity index (χ0n) is 8.90. The van der Waals surface area contributed by atoms with Crippen LogP contribution in [0.25, 0.3) is 0 Å². The first-order valence-electron chi connectivity index (χ1n) is 4.87. The minimum absolute atomic E-state index is 0.245. The molecule has 0 bridgehead atoms. The van der Waals surface area contributed by atoms with Gasteiger partial charge in [-0.15, -0.1) is 0 Å². The van der Waals surface area contributed by atoms with E-state index < -0.39 is 9.84 Å². The molecule has 0 N–H and O–H groups in total. The Labute approximate surface area is 131 Å². The lowest BCUT2D eigenvalue weighted by molar-refractivity contribution is 0.595. The van der Waals surface area contributed by atoms with Crippen LogP contribution in [-0.2, 0) is 9.84 Å². The summed E-state index contributed by atoms with van der Waals surface area (Å²) < 4.78 is 26.9. The van der Waals surface area contributed by atoms with Crippen molar-refractivity contribution in [1.82, 2.24) is 0 Å². The molecule has 0 aliphatic carbocycles. The number of halogens is 3. The van der Waals surface area contributed by atoms with Crippen molar-refractivity contribution < 1.29 is 8.42 Å². The lowest BCUT2D eigenvalue weighted by atomic mass is 10.4. The second kappa shape index (κ2) is 5.45. The van der Waals surface area contributed by atoms with Gasteiger partial charge in [0.25, 0.3) is 0 Å². The summed E-state index contributed by atoms with van der Waals surface area (Å²) in [6.45, 7) is 0. The number of rotatable bonds is 2. The smallest absolute Gasteiger partial charge is 0.207 e. The number of benzene rings is 2. The highest BCUT2D eigenvalue weighted by Gasteiger charge is 2.21. The van der Waals surface area contributed by atoms with Crippen LogP contribution in [0.2, 0.25) is 0 Å². The van der Waals surface area contributed by atoms with Crippen LogP contribution in [0.1, 0.15) is 0 Å². The second-order valence-corrected chi connectivity index (χ2v) is 7.99. The van der Waals surface area contributed by atoms with Crippen LogP contribution in [0.15, 0.2) is 65.7 Å². The van der Waals surface area contributed by atoms with E-state index in [1.807, 2.05) is 0 Å². The number of sulfone groups is 1. The van der Waals surface area contributed by atoms with Crippen molar-refractivity contribution in [2.45, 2.75) is 9.79 Å². The molecule has 0 saturated carbocycles. The van der Waals surface area contributed by atoms with E-state index in [9.17, 15) is 8.42 Å². The van der Waals surface area contributed by atoms with Gasteiger partial charge in [-0.3, -0.25) is 0 Å². The molecule has 0 spiro atoms. The molecule has 0 heterocycles. The van der Waals surface area contributed by atoms with Crippen LogP contribution >= 0.6 is 47.8 Å². The largest absolute Gasteiger partial charge is 0.218 e. The SMILES string of the molecule is O=S(=O)(c1cccc(Br)c1)c1cccc(Br)c1Br. The summed E-state index contributed by atoms with van der Waals surface area (Å²) in [5.74, 6) is 0. The Morgan fingerprint density at radius 3 is 2.22 bits per heavy atom. The average molecular weight is 455 g/mol. The molecule has 0 amide bonds. The fourth-order valence-corrected chi connectivity index (χ4v) is 4.80. The van der Waals surface area contributed by atoms with E-state index in [2.05, 4.69) is 47.8 Å². The average Bonchev–Trinajstić information content (AvgIpc) is 2.32. The molecule has 94 valence electrons. The van der Waals surface area contributed by atoms with E-state index in [4.69, 9.17) is 0 Å². The second-order valence-electron chi connectivity index (χ2n) is 3.51. The van der Waals surface area contributed by atoms with Crippen LogP contribution in [0.3, 0.4) is 0 Å². The fraction of sp³-hybridized carbons (Fsp3) is 0. The highest BCUT2D eigenvalue weighted by Crippen LogP contribution is 2.33. The summed E-state index contributed by atoms with van der Waals surface area (Å²) in [6, 6.07) is 11.7. The van der Waals surface area contributed by atoms with E-state index in [1.54, 1.807) is 42.5 Å². The third kappa shape index (κ3) is 2.71. The van der Waals surface area contributed by atoms with Gasteiger partial charge in [0.15, 0.2) is 0 Å². The first kappa shape index (κ1) is 14.2. The number of hydrogen-bond donors (Lipinski definition) is 0. The molecular formula is C12H7Br3O2S. The maximum Gasteiger partial charge on any atom is 0.207 e. The molecule has 0 aliphatic heterocycles. The van der Waals surface area contributed by atoms with Gasteiger partial charge in [0.1, 0.15) is 0 Å². The normalized spacial score (nSPS) is 11.5. The van der Waals surface area contributed by atoms with Gasteiger partial charge in [0.05, 0.1) is 14.3 Å². The van der Waals surface area contributed by atoms with Crippen LogP contribution in [0.4, 0.5) is 0 Å². The Balaban J connectivity index is 2.66. The summed E-state index contributed by atoms with van der Waals surface area (Å²) in [6.07, 6.45) is 0. The van der Waals surface area contributed by atoms with Gasteiger partial charge in [-0.2, -0.15) is 0 Å². The van der Waals surface area contributed by atoms with Crippen LogP contribution in [-0.4, -0.2) is 8.42 Å². The van der Waals surface area contributed by atoms with E-state index in [0.29, 0.717) is 8.95 Å². The molecule has 0 fully saturated rings. The quantitative estimate of drug-likeness (QED) is 0.652. The summed E-state index contributed by atoms with van der Waals surface area (Å²) in [4.78, 5) is 0.505. The van der Waals surface area contributed by atoms with Crippen molar-refractivity contribution >= 4 is 57.6 Å². The minimum atomic E-state index is -3.52. The monoisotopic (exact) mass is 452 g/mol. The molecule has 6 heteroatoms. The van der Waals surface area contributed by atoms with Gasteiger partial charge in [-0.05, 0) is 62.2 Å². The van der Waals surface area contributed by atoms with E-state index >= 15 is 0 Å². The fourth-order valence-electron chi connectivity index (χ4n) is 1.45. The van der Waals surface area contributed by atoms with Gasteiger partial charge in [-0.25, -0.2) is 8.42 Å². The van der Waals surface area contributed by atoms with E-state index in [1.165, 1.54) is 0 Å². The van der Waals surface area contributed by atoms with Crippen molar-refractivity contribution in [3.8, 4) is 0 Å². The van der Waals surface area contributed by atoms with Crippen molar-refractivity contribution in [3.63, 3.8) is 0 Å². The molecule has 0 unspecified atom stereocenters. The molecule has 18 heavy (non-hydrogen) atoms. The molecule has 0 atom stereocenters. The van der Waals surface area contributed by atoms with Crippen LogP contribution < -0.4 is 0 Å². The molecule has 2 aromatic rings. The predicted molar refractivity (Wildman–Crippen MR) is 81.4 cm³/mol. The van der Waals surface area contributed by atoms with Crippen molar-refractivity contribution in [3.05, 3.63) is 55.9 Å². The Morgan fingerprint density at radius 1 is 0.889 bits per heavy atom. The zero-order valence-corrected chi connectivity index (χ0v) is 14.5. The van der Waals surface area contributed by atoms with Gasteiger partial charge < -0.3 is 0 Å². The Morgan fingerprint density at radius 2 is 1.56 bits per heavy atom. The van der Waals surface area contributed by atoms with Crippen molar-refractivity contribution in [2.75, 3.05) is 0 Å². The summed E-state index contributed by atoms with van der Waals surface area (Å²) >= 11 is 9.87. The molecule has 2 aromatic carbocycles. The topological polar surface area (TPSA) is 34.1 Å². The van der Waals surface area contributed by atoms with Gasteiger partial charge in [-0.1, -0.05) is 28.1 Å². The molecule has 0 aliphatic rings. The summed E-state index contributed by atoms with van der Waals surface area (Å²) in [5.41, 5.74) is 0. The first-order valence-corrected chi connectivity index (χ1v) is 8.74. The van der Waals surface area contributed by atoms with Crippen LogP contribution in [0.5, 0.6) is 0 Å². The number of hydrogen-bond acceptors (Lipinski definition) is 2. The summed E-state index contributed by atoms with van der Waals surface area (Å²) in [5, 5.41) is 0. The minimum Gasteiger partial charge on any atom is -0.218 e. The lowest BCUT2D eigenvalue weighted by Gasteiger charge is -2.08. The zero-order chi connectivity index (χ0) is 13.3. The summed E-state index contributed by atoms with van der Waals surface area (Å²) in [7, 11) is -3.52. The van der Waals surface area contributed by atoms with Crippen molar-refractivity contribution in [2.24, 2.45) is 0 Å². The van der Waals surface area contributed by atoms with E-state index in [-0.39, 0.29) is 9.79 Å². The molecule has 2 nitrogen and oxygen atoms in total.